The molecular formula is C28H25N5O2S. The van der Waals surface area contributed by atoms with Gasteiger partial charge in [0, 0.05) is 23.5 Å². The van der Waals surface area contributed by atoms with E-state index in [1.54, 1.807) is 30.6 Å². The monoisotopic (exact) mass is 495 g/mol. The van der Waals surface area contributed by atoms with Crippen LogP contribution in [0.15, 0.2) is 60.9 Å². The van der Waals surface area contributed by atoms with Gasteiger partial charge in [0.05, 0.1) is 23.3 Å². The van der Waals surface area contributed by atoms with E-state index in [1.807, 2.05) is 32.0 Å². The lowest BCUT2D eigenvalue weighted by molar-refractivity contribution is 0.0932. The van der Waals surface area contributed by atoms with Crippen LogP contribution in [0.1, 0.15) is 59.8 Å². The maximum Gasteiger partial charge on any atom is 0.253 e. The van der Waals surface area contributed by atoms with Crippen molar-refractivity contribution in [1.82, 2.24) is 20.5 Å². The lowest BCUT2D eigenvalue weighted by Gasteiger charge is -2.27. The number of hydrogen-bond acceptors (Lipinski definition) is 7. The minimum absolute atomic E-state index is 0.0155. The molecule has 1 aliphatic rings. The quantitative estimate of drug-likeness (QED) is 0.366. The molecule has 0 saturated carbocycles. The number of nitrogens with zero attached hydrogens (tertiary/aromatic N) is 4. The van der Waals surface area contributed by atoms with Crippen molar-refractivity contribution < 1.29 is 9.53 Å². The molecule has 2 heterocycles. The highest BCUT2D eigenvalue weighted by atomic mass is 32.1. The number of amides is 1. The first-order valence-corrected chi connectivity index (χ1v) is 12.7. The number of nitrogens with one attached hydrogen (secondary N) is 1. The van der Waals surface area contributed by atoms with Crippen LogP contribution in [-0.4, -0.2) is 27.2 Å². The van der Waals surface area contributed by atoms with E-state index in [-0.39, 0.29) is 18.1 Å². The van der Waals surface area contributed by atoms with Gasteiger partial charge in [-0.05, 0) is 74.6 Å². The highest BCUT2D eigenvalue weighted by Gasteiger charge is 2.25. The third-order valence-corrected chi connectivity index (χ3v) is 7.11. The third-order valence-electron chi connectivity index (χ3n) is 6.10. The second-order valence-electron chi connectivity index (χ2n) is 8.94. The average Bonchev–Trinajstić information content (AvgIpc) is 3.39. The third kappa shape index (κ3) is 4.83. The van der Waals surface area contributed by atoms with Gasteiger partial charge in [0.25, 0.3) is 5.91 Å². The molecule has 0 radical (unpaired) electrons. The Bertz CT molecular complexity index is 1440. The highest BCUT2D eigenvalue weighted by molar-refractivity contribution is 7.17. The van der Waals surface area contributed by atoms with E-state index in [9.17, 15) is 10.1 Å². The average molecular weight is 496 g/mol. The number of rotatable bonds is 6. The molecule has 1 aliphatic carbocycles. The second-order valence-corrected chi connectivity index (χ2v) is 9.91. The Balaban J connectivity index is 1.43. The van der Waals surface area contributed by atoms with Gasteiger partial charge >= 0.3 is 0 Å². The molecule has 7 nitrogen and oxygen atoms in total. The van der Waals surface area contributed by atoms with Gasteiger partial charge in [-0.25, -0.2) is 0 Å². The van der Waals surface area contributed by atoms with Gasteiger partial charge in [-0.1, -0.05) is 29.5 Å². The fraction of sp³-hybridized carbons (Fsp3) is 0.250. The molecule has 0 spiro atoms. The van der Waals surface area contributed by atoms with E-state index in [1.165, 1.54) is 16.9 Å². The van der Waals surface area contributed by atoms with Crippen molar-refractivity contribution in [3.05, 3.63) is 83.2 Å². The molecule has 0 unspecified atom stereocenters. The first kappa shape index (κ1) is 23.6. The van der Waals surface area contributed by atoms with Crippen molar-refractivity contribution in [2.24, 2.45) is 0 Å². The highest BCUT2D eigenvalue weighted by Crippen LogP contribution is 2.39. The van der Waals surface area contributed by atoms with Gasteiger partial charge in [-0.3, -0.25) is 9.78 Å². The molecule has 1 amide bonds. The number of carbonyl (C=O) groups excluding carboxylic acids is 1. The molecule has 180 valence electrons. The minimum atomic E-state index is -0.122. The van der Waals surface area contributed by atoms with Gasteiger partial charge in [0.2, 0.25) is 0 Å². The minimum Gasteiger partial charge on any atom is -0.490 e. The lowest BCUT2D eigenvalue weighted by atomic mass is 9.85. The summed E-state index contributed by atoms with van der Waals surface area (Å²) in [6, 6.07) is 17.4. The predicted molar refractivity (Wildman–Crippen MR) is 139 cm³/mol. The molecule has 1 atom stereocenters. The summed E-state index contributed by atoms with van der Waals surface area (Å²) >= 11 is 1.49. The Hall–Kier alpha value is -4.09. The standard InChI is InChI=1S/C28H25N5O2S/c1-17(2)35-25-12-11-18(14-20(25)15-29)27-32-33-28(36-27)23-9-3-8-22-21(23)7-4-10-24(22)31-26(34)19-6-5-13-30-16-19/h3,5-6,8-9,11-14,16-17,24H,4,7,10H2,1-2H3,(H,31,34)/t24-/m0/s1. The zero-order valence-corrected chi connectivity index (χ0v) is 20.9. The van der Waals surface area contributed by atoms with E-state index < -0.39 is 0 Å². The molecule has 8 heteroatoms. The molecule has 0 bridgehead atoms. The number of ether oxygens (including phenoxy) is 1. The zero-order chi connectivity index (χ0) is 25.1. The van der Waals surface area contributed by atoms with Crippen molar-refractivity contribution in [2.75, 3.05) is 0 Å². The Morgan fingerprint density at radius 3 is 2.81 bits per heavy atom. The molecule has 1 N–H and O–H groups in total. The summed E-state index contributed by atoms with van der Waals surface area (Å²) in [6.07, 6.45) is 5.99. The number of pyridine rings is 1. The van der Waals surface area contributed by atoms with Crippen LogP contribution in [-0.2, 0) is 6.42 Å². The van der Waals surface area contributed by atoms with E-state index in [4.69, 9.17) is 4.74 Å². The Morgan fingerprint density at radius 2 is 2.03 bits per heavy atom. The molecule has 36 heavy (non-hydrogen) atoms. The first-order valence-electron chi connectivity index (χ1n) is 11.9. The SMILES string of the molecule is CC(C)Oc1ccc(-c2nnc(-c3cccc4c3CCC[C@@H]4NC(=O)c3cccnc3)s2)cc1C#N. The van der Waals surface area contributed by atoms with Crippen molar-refractivity contribution in [3.8, 4) is 33.0 Å². The Morgan fingerprint density at radius 1 is 1.17 bits per heavy atom. The molecular weight excluding hydrogens is 470 g/mol. The zero-order valence-electron chi connectivity index (χ0n) is 20.1. The number of benzene rings is 2. The first-order chi connectivity index (χ1) is 17.5. The van der Waals surface area contributed by atoms with Gasteiger partial charge in [-0.15, -0.1) is 10.2 Å². The van der Waals surface area contributed by atoms with Crippen LogP contribution in [0, 0.1) is 11.3 Å². The van der Waals surface area contributed by atoms with E-state index in [2.05, 4.69) is 38.7 Å². The molecule has 2 aromatic heterocycles. The molecule has 4 aromatic rings. The van der Waals surface area contributed by atoms with Crippen LogP contribution >= 0.6 is 11.3 Å². The van der Waals surface area contributed by atoms with Gasteiger partial charge in [-0.2, -0.15) is 5.26 Å². The van der Waals surface area contributed by atoms with Gasteiger partial charge in [0.15, 0.2) is 0 Å². The van der Waals surface area contributed by atoms with Crippen LogP contribution in [0.2, 0.25) is 0 Å². The second kappa shape index (κ2) is 10.3. The summed E-state index contributed by atoms with van der Waals surface area (Å²) in [7, 11) is 0. The van der Waals surface area contributed by atoms with E-state index in [0.29, 0.717) is 16.9 Å². The molecule has 5 rings (SSSR count). The van der Waals surface area contributed by atoms with Crippen molar-refractivity contribution in [2.45, 2.75) is 45.3 Å². The van der Waals surface area contributed by atoms with E-state index in [0.717, 1.165) is 46.0 Å². The topological polar surface area (TPSA) is 101 Å². The van der Waals surface area contributed by atoms with Crippen molar-refractivity contribution in [3.63, 3.8) is 0 Å². The van der Waals surface area contributed by atoms with E-state index >= 15 is 0 Å². The number of hydrogen-bond donors (Lipinski definition) is 1. The lowest BCUT2D eigenvalue weighted by Crippen LogP contribution is -2.31. The molecule has 2 aromatic carbocycles. The van der Waals surface area contributed by atoms with Crippen LogP contribution < -0.4 is 10.1 Å². The normalized spacial score (nSPS) is 14.7. The van der Waals surface area contributed by atoms with Gasteiger partial charge < -0.3 is 10.1 Å². The number of aromatic nitrogens is 3. The summed E-state index contributed by atoms with van der Waals surface area (Å²) in [5.41, 5.74) is 5.21. The maximum atomic E-state index is 12.8. The van der Waals surface area contributed by atoms with Crippen molar-refractivity contribution in [1.29, 1.82) is 5.26 Å². The maximum absolute atomic E-state index is 12.8. The predicted octanol–water partition coefficient (Wildman–Crippen LogP) is 5.73. The molecule has 0 fully saturated rings. The van der Waals surface area contributed by atoms with Gasteiger partial charge in [0.1, 0.15) is 21.8 Å². The summed E-state index contributed by atoms with van der Waals surface area (Å²) in [5, 5.41) is 23.2. The summed E-state index contributed by atoms with van der Waals surface area (Å²) in [6.45, 7) is 3.86. The fourth-order valence-electron chi connectivity index (χ4n) is 4.49. The number of fused-ring (bicyclic) bond motifs is 1. The number of nitriles is 1. The summed E-state index contributed by atoms with van der Waals surface area (Å²) in [5.74, 6) is 0.445. The Labute approximate surface area is 213 Å². The summed E-state index contributed by atoms with van der Waals surface area (Å²) < 4.78 is 5.74. The van der Waals surface area contributed by atoms with Crippen LogP contribution in [0.3, 0.4) is 0 Å². The molecule has 0 saturated heterocycles. The van der Waals surface area contributed by atoms with Crippen LogP contribution in [0.4, 0.5) is 0 Å². The van der Waals surface area contributed by atoms with Crippen LogP contribution in [0.5, 0.6) is 5.75 Å². The number of carbonyl (C=O) groups is 1. The van der Waals surface area contributed by atoms with Crippen molar-refractivity contribution >= 4 is 17.2 Å². The summed E-state index contributed by atoms with van der Waals surface area (Å²) in [4.78, 5) is 16.8. The fourth-order valence-corrected chi connectivity index (χ4v) is 5.39. The largest absolute Gasteiger partial charge is 0.490 e. The smallest absolute Gasteiger partial charge is 0.253 e. The van der Waals surface area contributed by atoms with Crippen LogP contribution in [0.25, 0.3) is 21.1 Å². The molecule has 0 aliphatic heterocycles. The Kier molecular flexibility index (Phi) is 6.74.